The summed E-state index contributed by atoms with van der Waals surface area (Å²) in [5.41, 5.74) is 6.82. The predicted molar refractivity (Wildman–Crippen MR) is 85.7 cm³/mol. The van der Waals surface area contributed by atoms with Crippen LogP contribution in [0.3, 0.4) is 0 Å². The van der Waals surface area contributed by atoms with Gasteiger partial charge in [-0.15, -0.1) is 0 Å². The van der Waals surface area contributed by atoms with Crippen LogP contribution in [0, 0.1) is 5.92 Å². The molecule has 1 aromatic carbocycles. The number of para-hydroxylation sites is 1. The highest BCUT2D eigenvalue weighted by Crippen LogP contribution is 2.28. The van der Waals surface area contributed by atoms with Crippen molar-refractivity contribution in [2.45, 2.75) is 24.7 Å². The van der Waals surface area contributed by atoms with Crippen molar-refractivity contribution >= 4 is 21.4 Å². The summed E-state index contributed by atoms with van der Waals surface area (Å²) in [6.07, 6.45) is 1.78. The van der Waals surface area contributed by atoms with E-state index in [-0.39, 0.29) is 23.1 Å². The van der Waals surface area contributed by atoms with Crippen molar-refractivity contribution < 1.29 is 13.5 Å². The number of rotatable bonds is 8. The second-order valence-corrected chi connectivity index (χ2v) is 7.48. The Balaban J connectivity index is 2.78. The lowest BCUT2D eigenvalue weighted by atomic mass is 10.1. The highest BCUT2D eigenvalue weighted by molar-refractivity contribution is 7.89. The molecule has 4 N–H and O–H groups in total. The summed E-state index contributed by atoms with van der Waals surface area (Å²) in [6, 6.07) is 4.94. The van der Waals surface area contributed by atoms with Crippen LogP contribution in [-0.2, 0) is 10.0 Å². The Morgan fingerprint density at radius 1 is 1.38 bits per heavy atom. The summed E-state index contributed by atoms with van der Waals surface area (Å²) in [5, 5.41) is 12.1. The molecule has 7 heteroatoms. The number of hydrogen-bond donors (Lipinski definition) is 3. The Kier molecular flexibility index (Phi) is 6.44. The van der Waals surface area contributed by atoms with Crippen LogP contribution in [0.4, 0.5) is 11.4 Å². The van der Waals surface area contributed by atoms with E-state index in [2.05, 4.69) is 5.32 Å². The molecule has 1 atom stereocenters. The first kappa shape index (κ1) is 17.7. The zero-order valence-corrected chi connectivity index (χ0v) is 13.7. The molecule has 0 aliphatic rings. The number of nitrogen functional groups attached to an aromatic ring is 1. The zero-order chi connectivity index (χ0) is 16.0. The van der Waals surface area contributed by atoms with E-state index in [1.165, 1.54) is 20.2 Å². The third-order valence-corrected chi connectivity index (χ3v) is 5.20. The predicted octanol–water partition coefficient (Wildman–Crippen LogP) is 1.34. The van der Waals surface area contributed by atoms with Gasteiger partial charge >= 0.3 is 0 Å². The summed E-state index contributed by atoms with van der Waals surface area (Å²) in [4.78, 5) is 0.112. The number of aliphatic hydroxyl groups excluding tert-OH is 1. The molecule has 0 radical (unpaired) electrons. The Labute approximate surface area is 127 Å². The average Bonchev–Trinajstić information content (AvgIpc) is 2.44. The van der Waals surface area contributed by atoms with E-state index in [0.717, 1.165) is 17.1 Å². The molecule has 120 valence electrons. The Bertz CT molecular complexity index is 559. The summed E-state index contributed by atoms with van der Waals surface area (Å²) >= 11 is 0. The largest absolute Gasteiger partial charge is 0.396 e. The summed E-state index contributed by atoms with van der Waals surface area (Å²) in [5.74, 6) is 0.268. The van der Waals surface area contributed by atoms with Crippen LogP contribution in [0.5, 0.6) is 0 Å². The van der Waals surface area contributed by atoms with Gasteiger partial charge in [0.15, 0.2) is 0 Å². The van der Waals surface area contributed by atoms with Crippen molar-refractivity contribution in [3.8, 4) is 0 Å². The number of nitrogens with two attached hydrogens (primary N) is 1. The molecule has 0 fully saturated rings. The van der Waals surface area contributed by atoms with Crippen LogP contribution in [0.15, 0.2) is 23.1 Å². The van der Waals surface area contributed by atoms with Crippen molar-refractivity contribution in [3.05, 3.63) is 18.2 Å². The Hall–Kier alpha value is -1.31. The molecular formula is C14H25N3O3S. The number of anilines is 2. The molecule has 21 heavy (non-hydrogen) atoms. The van der Waals surface area contributed by atoms with E-state index in [4.69, 9.17) is 10.8 Å². The number of benzene rings is 1. The topological polar surface area (TPSA) is 95.7 Å². The Morgan fingerprint density at radius 3 is 2.62 bits per heavy atom. The first-order valence-electron chi connectivity index (χ1n) is 6.96. The van der Waals surface area contributed by atoms with Crippen LogP contribution in [0.2, 0.25) is 0 Å². The standard InChI is InChI=1S/C14H25N3O3S/c1-11(10-18)6-5-9-16-12-7-4-8-13(14(12)15)21(19,20)17(2)3/h4,7-8,11,16,18H,5-6,9-10,15H2,1-3H3. The molecule has 0 bridgehead atoms. The fraction of sp³-hybridized carbons (Fsp3) is 0.571. The first-order valence-corrected chi connectivity index (χ1v) is 8.40. The Morgan fingerprint density at radius 2 is 2.05 bits per heavy atom. The van der Waals surface area contributed by atoms with Crippen molar-refractivity contribution in [2.75, 3.05) is 38.3 Å². The van der Waals surface area contributed by atoms with Crippen LogP contribution < -0.4 is 11.1 Å². The van der Waals surface area contributed by atoms with E-state index < -0.39 is 10.0 Å². The van der Waals surface area contributed by atoms with Crippen LogP contribution in [0.25, 0.3) is 0 Å². The summed E-state index contributed by atoms with van der Waals surface area (Å²) in [6.45, 7) is 2.84. The van der Waals surface area contributed by atoms with Crippen LogP contribution >= 0.6 is 0 Å². The highest BCUT2D eigenvalue weighted by atomic mass is 32.2. The monoisotopic (exact) mass is 315 g/mol. The molecule has 6 nitrogen and oxygen atoms in total. The second kappa shape index (κ2) is 7.63. The fourth-order valence-electron chi connectivity index (χ4n) is 1.88. The zero-order valence-electron chi connectivity index (χ0n) is 12.8. The van der Waals surface area contributed by atoms with E-state index >= 15 is 0 Å². The minimum Gasteiger partial charge on any atom is -0.396 e. The molecular weight excluding hydrogens is 290 g/mol. The van der Waals surface area contributed by atoms with Gasteiger partial charge in [-0.1, -0.05) is 13.0 Å². The van der Waals surface area contributed by atoms with Gasteiger partial charge < -0.3 is 16.2 Å². The van der Waals surface area contributed by atoms with Crippen molar-refractivity contribution in [3.63, 3.8) is 0 Å². The maximum Gasteiger partial charge on any atom is 0.244 e. The van der Waals surface area contributed by atoms with E-state index in [1.807, 2.05) is 6.92 Å². The normalized spacial score (nSPS) is 13.4. The van der Waals surface area contributed by atoms with E-state index in [1.54, 1.807) is 12.1 Å². The number of nitrogens with zero attached hydrogens (tertiary/aromatic N) is 1. The van der Waals surface area contributed by atoms with Gasteiger partial charge in [-0.05, 0) is 30.9 Å². The fourth-order valence-corrected chi connectivity index (χ4v) is 2.92. The number of aliphatic hydroxyl groups is 1. The first-order chi connectivity index (χ1) is 9.80. The lowest BCUT2D eigenvalue weighted by Gasteiger charge is -2.16. The molecule has 1 aromatic rings. The maximum absolute atomic E-state index is 12.2. The van der Waals surface area contributed by atoms with Crippen LogP contribution in [-0.4, -0.2) is 45.1 Å². The number of nitrogens with one attached hydrogen (secondary N) is 1. The SMILES string of the molecule is CC(CO)CCCNc1cccc(S(=O)(=O)N(C)C)c1N. The minimum atomic E-state index is -3.54. The lowest BCUT2D eigenvalue weighted by Crippen LogP contribution is -2.23. The van der Waals surface area contributed by atoms with Crippen molar-refractivity contribution in [2.24, 2.45) is 5.92 Å². The van der Waals surface area contributed by atoms with Crippen LogP contribution in [0.1, 0.15) is 19.8 Å². The van der Waals surface area contributed by atoms with Gasteiger partial charge in [-0.3, -0.25) is 0 Å². The summed E-state index contributed by atoms with van der Waals surface area (Å²) < 4.78 is 25.5. The van der Waals surface area contributed by atoms with Gasteiger partial charge in [0.25, 0.3) is 0 Å². The van der Waals surface area contributed by atoms with Gasteiger partial charge in [-0.25, -0.2) is 12.7 Å². The molecule has 0 heterocycles. The third-order valence-electron chi connectivity index (χ3n) is 3.33. The van der Waals surface area contributed by atoms with Gasteiger partial charge in [0, 0.05) is 27.2 Å². The van der Waals surface area contributed by atoms with E-state index in [9.17, 15) is 8.42 Å². The molecule has 0 spiro atoms. The number of sulfonamides is 1. The molecule has 0 aliphatic heterocycles. The molecule has 0 saturated carbocycles. The molecule has 0 aromatic heterocycles. The maximum atomic E-state index is 12.2. The van der Waals surface area contributed by atoms with Gasteiger partial charge in [0.05, 0.1) is 11.4 Å². The van der Waals surface area contributed by atoms with Crippen molar-refractivity contribution in [1.29, 1.82) is 0 Å². The molecule has 0 saturated heterocycles. The smallest absolute Gasteiger partial charge is 0.244 e. The lowest BCUT2D eigenvalue weighted by molar-refractivity contribution is 0.229. The second-order valence-electron chi connectivity index (χ2n) is 5.36. The molecule has 0 aliphatic carbocycles. The molecule has 0 amide bonds. The van der Waals surface area contributed by atoms with E-state index in [0.29, 0.717) is 12.2 Å². The minimum absolute atomic E-state index is 0.112. The highest BCUT2D eigenvalue weighted by Gasteiger charge is 2.21. The summed E-state index contributed by atoms with van der Waals surface area (Å²) in [7, 11) is -0.588. The molecule has 1 unspecified atom stereocenters. The van der Waals surface area contributed by atoms with Crippen molar-refractivity contribution in [1.82, 2.24) is 4.31 Å². The average molecular weight is 315 g/mol. The number of hydrogen-bond acceptors (Lipinski definition) is 5. The van der Waals surface area contributed by atoms with Gasteiger partial charge in [0.1, 0.15) is 4.90 Å². The van der Waals surface area contributed by atoms with Gasteiger partial charge in [-0.2, -0.15) is 0 Å². The third kappa shape index (κ3) is 4.59. The van der Waals surface area contributed by atoms with Gasteiger partial charge in [0.2, 0.25) is 10.0 Å². The molecule has 1 rings (SSSR count). The quantitative estimate of drug-likeness (QED) is 0.497.